The maximum atomic E-state index is 9.85. The van der Waals surface area contributed by atoms with Gasteiger partial charge in [0, 0.05) is 33.2 Å². The SMILES string of the molecule is COC(C)CNCC1(O)CCOC1. The van der Waals surface area contributed by atoms with Crippen LogP contribution in [0, 0.1) is 0 Å². The molecule has 0 amide bonds. The van der Waals surface area contributed by atoms with E-state index in [9.17, 15) is 5.11 Å². The van der Waals surface area contributed by atoms with Crippen LogP contribution < -0.4 is 5.32 Å². The number of aliphatic hydroxyl groups is 1. The second kappa shape index (κ2) is 4.91. The summed E-state index contributed by atoms with van der Waals surface area (Å²) in [5.41, 5.74) is -0.659. The number of rotatable bonds is 5. The molecular formula is C9H19NO3. The summed E-state index contributed by atoms with van der Waals surface area (Å²) in [7, 11) is 1.68. The molecule has 0 spiro atoms. The van der Waals surface area contributed by atoms with Gasteiger partial charge in [-0.1, -0.05) is 0 Å². The van der Waals surface area contributed by atoms with Crippen LogP contribution in [0.5, 0.6) is 0 Å². The highest BCUT2D eigenvalue weighted by Gasteiger charge is 2.31. The van der Waals surface area contributed by atoms with E-state index in [1.54, 1.807) is 7.11 Å². The van der Waals surface area contributed by atoms with Crippen LogP contribution in [0.4, 0.5) is 0 Å². The van der Waals surface area contributed by atoms with Gasteiger partial charge in [0.05, 0.1) is 12.7 Å². The van der Waals surface area contributed by atoms with Gasteiger partial charge >= 0.3 is 0 Å². The largest absolute Gasteiger partial charge is 0.386 e. The molecule has 0 radical (unpaired) electrons. The fourth-order valence-electron chi connectivity index (χ4n) is 1.33. The Morgan fingerprint density at radius 3 is 3.00 bits per heavy atom. The third-order valence-electron chi connectivity index (χ3n) is 2.37. The van der Waals surface area contributed by atoms with Gasteiger partial charge in [-0.15, -0.1) is 0 Å². The summed E-state index contributed by atoms with van der Waals surface area (Å²) in [5, 5.41) is 13.0. The Kier molecular flexibility index (Phi) is 4.12. The first-order chi connectivity index (χ1) is 6.16. The van der Waals surface area contributed by atoms with Crippen molar-refractivity contribution in [3.8, 4) is 0 Å². The normalized spacial score (nSPS) is 30.7. The van der Waals surface area contributed by atoms with Gasteiger partial charge in [-0.25, -0.2) is 0 Å². The Labute approximate surface area is 79.2 Å². The van der Waals surface area contributed by atoms with E-state index in [2.05, 4.69) is 5.32 Å². The summed E-state index contributed by atoms with van der Waals surface area (Å²) in [5.74, 6) is 0. The minimum Gasteiger partial charge on any atom is -0.386 e. The summed E-state index contributed by atoms with van der Waals surface area (Å²) in [6, 6.07) is 0. The van der Waals surface area contributed by atoms with Crippen molar-refractivity contribution in [2.24, 2.45) is 0 Å². The molecule has 0 bridgehead atoms. The molecule has 1 rings (SSSR count). The lowest BCUT2D eigenvalue weighted by Crippen LogP contribution is -2.43. The zero-order valence-electron chi connectivity index (χ0n) is 8.38. The highest BCUT2D eigenvalue weighted by molar-refractivity contribution is 4.84. The zero-order valence-corrected chi connectivity index (χ0v) is 8.38. The molecule has 1 fully saturated rings. The summed E-state index contributed by atoms with van der Waals surface area (Å²) in [6.45, 7) is 4.45. The lowest BCUT2D eigenvalue weighted by Gasteiger charge is -2.21. The summed E-state index contributed by atoms with van der Waals surface area (Å²) < 4.78 is 10.2. The van der Waals surface area contributed by atoms with Gasteiger partial charge in [-0.3, -0.25) is 0 Å². The maximum absolute atomic E-state index is 9.85. The minimum absolute atomic E-state index is 0.186. The fourth-order valence-corrected chi connectivity index (χ4v) is 1.33. The van der Waals surface area contributed by atoms with Crippen molar-refractivity contribution < 1.29 is 14.6 Å². The molecule has 4 nitrogen and oxygen atoms in total. The van der Waals surface area contributed by atoms with E-state index in [-0.39, 0.29) is 6.10 Å². The number of methoxy groups -OCH3 is 1. The van der Waals surface area contributed by atoms with E-state index >= 15 is 0 Å². The molecule has 0 aromatic heterocycles. The lowest BCUT2D eigenvalue weighted by atomic mass is 10.0. The van der Waals surface area contributed by atoms with Gasteiger partial charge < -0.3 is 19.9 Å². The van der Waals surface area contributed by atoms with Crippen LogP contribution in [-0.2, 0) is 9.47 Å². The molecule has 1 saturated heterocycles. The molecule has 0 saturated carbocycles. The molecule has 1 aliphatic heterocycles. The van der Waals surface area contributed by atoms with Crippen molar-refractivity contribution in [2.75, 3.05) is 33.4 Å². The van der Waals surface area contributed by atoms with Crippen molar-refractivity contribution in [3.63, 3.8) is 0 Å². The van der Waals surface area contributed by atoms with Gasteiger partial charge in [0.25, 0.3) is 0 Å². The van der Waals surface area contributed by atoms with Gasteiger partial charge in [0.15, 0.2) is 0 Å². The van der Waals surface area contributed by atoms with Crippen molar-refractivity contribution in [2.45, 2.75) is 25.0 Å². The molecule has 1 heterocycles. The first-order valence-electron chi connectivity index (χ1n) is 4.70. The maximum Gasteiger partial charge on any atom is 0.102 e. The molecule has 1 aliphatic rings. The second-order valence-corrected chi connectivity index (χ2v) is 3.70. The summed E-state index contributed by atoms with van der Waals surface area (Å²) >= 11 is 0. The van der Waals surface area contributed by atoms with E-state index < -0.39 is 5.60 Å². The van der Waals surface area contributed by atoms with E-state index in [1.807, 2.05) is 6.92 Å². The summed E-state index contributed by atoms with van der Waals surface area (Å²) in [4.78, 5) is 0. The molecule has 2 N–H and O–H groups in total. The molecule has 2 unspecified atom stereocenters. The molecule has 0 aromatic carbocycles. The zero-order chi connectivity index (χ0) is 9.73. The monoisotopic (exact) mass is 189 g/mol. The van der Waals surface area contributed by atoms with Gasteiger partial charge in [0.1, 0.15) is 5.60 Å². The third kappa shape index (κ3) is 3.60. The number of nitrogens with one attached hydrogen (secondary N) is 1. The smallest absolute Gasteiger partial charge is 0.102 e. The van der Waals surface area contributed by atoms with E-state index in [0.717, 1.165) is 13.0 Å². The van der Waals surface area contributed by atoms with Crippen LogP contribution in [-0.4, -0.2) is 50.2 Å². The Hall–Kier alpha value is -0.160. The highest BCUT2D eigenvalue weighted by Crippen LogP contribution is 2.16. The topological polar surface area (TPSA) is 50.7 Å². The Morgan fingerprint density at radius 1 is 1.69 bits per heavy atom. The Balaban J connectivity index is 2.11. The van der Waals surface area contributed by atoms with Crippen LogP contribution in [0.3, 0.4) is 0 Å². The third-order valence-corrected chi connectivity index (χ3v) is 2.37. The van der Waals surface area contributed by atoms with Crippen molar-refractivity contribution in [1.82, 2.24) is 5.32 Å². The Morgan fingerprint density at radius 2 is 2.46 bits per heavy atom. The molecule has 0 aliphatic carbocycles. The molecule has 2 atom stereocenters. The summed E-state index contributed by atoms with van der Waals surface area (Å²) in [6.07, 6.45) is 0.910. The van der Waals surface area contributed by atoms with Crippen molar-refractivity contribution in [3.05, 3.63) is 0 Å². The average Bonchev–Trinajstić information content (AvgIpc) is 2.52. The first kappa shape index (κ1) is 10.9. The van der Waals surface area contributed by atoms with Crippen molar-refractivity contribution >= 4 is 0 Å². The highest BCUT2D eigenvalue weighted by atomic mass is 16.5. The predicted molar refractivity (Wildman–Crippen MR) is 49.7 cm³/mol. The second-order valence-electron chi connectivity index (χ2n) is 3.70. The first-order valence-corrected chi connectivity index (χ1v) is 4.70. The van der Waals surface area contributed by atoms with E-state index in [4.69, 9.17) is 9.47 Å². The number of hydrogen-bond donors (Lipinski definition) is 2. The van der Waals surface area contributed by atoms with E-state index in [0.29, 0.717) is 19.8 Å². The van der Waals surface area contributed by atoms with E-state index in [1.165, 1.54) is 0 Å². The lowest BCUT2D eigenvalue weighted by molar-refractivity contribution is 0.0232. The number of ether oxygens (including phenoxy) is 2. The van der Waals surface area contributed by atoms with Crippen LogP contribution in [0.1, 0.15) is 13.3 Å². The quantitative estimate of drug-likeness (QED) is 0.627. The Bertz CT molecular complexity index is 146. The van der Waals surface area contributed by atoms with Gasteiger partial charge in [0.2, 0.25) is 0 Å². The predicted octanol–water partition coefficient (Wildman–Crippen LogP) is -0.238. The van der Waals surface area contributed by atoms with Gasteiger partial charge in [-0.05, 0) is 6.92 Å². The van der Waals surface area contributed by atoms with Crippen LogP contribution in [0.2, 0.25) is 0 Å². The molecular weight excluding hydrogens is 170 g/mol. The van der Waals surface area contributed by atoms with Crippen LogP contribution in [0.15, 0.2) is 0 Å². The molecule has 4 heteroatoms. The minimum atomic E-state index is -0.659. The average molecular weight is 189 g/mol. The number of hydrogen-bond acceptors (Lipinski definition) is 4. The van der Waals surface area contributed by atoms with Crippen LogP contribution in [0.25, 0.3) is 0 Å². The molecule has 13 heavy (non-hydrogen) atoms. The van der Waals surface area contributed by atoms with Crippen LogP contribution >= 0.6 is 0 Å². The molecule has 0 aromatic rings. The van der Waals surface area contributed by atoms with Gasteiger partial charge in [-0.2, -0.15) is 0 Å². The van der Waals surface area contributed by atoms with Crippen molar-refractivity contribution in [1.29, 1.82) is 0 Å². The standard InChI is InChI=1S/C9H19NO3/c1-8(12-2)5-10-6-9(11)3-4-13-7-9/h8,10-11H,3-7H2,1-2H3. The fraction of sp³-hybridized carbons (Fsp3) is 1.00. The molecule has 78 valence electrons.